The fraction of sp³-hybridized carbons (Fsp3) is 0.235. The summed E-state index contributed by atoms with van der Waals surface area (Å²) in [5.74, 6) is -0.304. The highest BCUT2D eigenvalue weighted by Gasteiger charge is 2.22. The van der Waals surface area contributed by atoms with Crippen LogP contribution in [0.25, 0.3) is 0 Å². The zero-order valence-electron chi connectivity index (χ0n) is 12.2. The lowest BCUT2D eigenvalue weighted by Crippen LogP contribution is -2.32. The van der Waals surface area contributed by atoms with Gasteiger partial charge < -0.3 is 10.1 Å². The fourth-order valence-electron chi connectivity index (χ4n) is 2.01. The average Bonchev–Trinajstić information content (AvgIpc) is 2.53. The second kappa shape index (κ2) is 8.45. The van der Waals surface area contributed by atoms with Crippen LogP contribution in [0, 0.1) is 0 Å². The summed E-state index contributed by atoms with van der Waals surface area (Å²) < 4.78 is 5.67. The Balaban J connectivity index is 0.00000220. The van der Waals surface area contributed by atoms with Crippen molar-refractivity contribution in [1.29, 1.82) is 0 Å². The molecule has 2 aromatic rings. The van der Waals surface area contributed by atoms with Gasteiger partial charge in [0, 0.05) is 6.04 Å². The quantitative estimate of drug-likeness (QED) is 0.858. The van der Waals surface area contributed by atoms with Gasteiger partial charge in [0.15, 0.2) is 0 Å². The highest BCUT2D eigenvalue weighted by atomic mass is 35.5. The Morgan fingerprint density at radius 3 is 2.05 bits per heavy atom. The molecule has 0 aliphatic heterocycles. The smallest absolute Gasteiger partial charge is 0.338 e. The van der Waals surface area contributed by atoms with Gasteiger partial charge in [-0.3, -0.25) is 0 Å². The van der Waals surface area contributed by atoms with Gasteiger partial charge in [-0.2, -0.15) is 0 Å². The molecule has 0 unspecified atom stereocenters. The molecule has 0 radical (unpaired) electrons. The fourth-order valence-corrected chi connectivity index (χ4v) is 2.01. The molecule has 2 atom stereocenters. The van der Waals surface area contributed by atoms with E-state index in [9.17, 15) is 4.79 Å². The first-order chi connectivity index (χ1) is 9.72. The first-order valence-electron chi connectivity index (χ1n) is 6.70. The first-order valence-corrected chi connectivity index (χ1v) is 6.70. The predicted octanol–water partition coefficient (Wildman–Crippen LogP) is 3.61. The van der Waals surface area contributed by atoms with Crippen LogP contribution in [0.1, 0.15) is 28.9 Å². The van der Waals surface area contributed by atoms with E-state index >= 15 is 0 Å². The van der Waals surface area contributed by atoms with E-state index in [0.29, 0.717) is 5.56 Å². The molecule has 3 nitrogen and oxygen atoms in total. The maximum absolute atomic E-state index is 12.2. The molecule has 0 amide bonds. The molecule has 0 saturated heterocycles. The standard InChI is InChI=1S/C17H19NO2.ClH/c1-13(18-2)16(14-9-5-3-6-10-14)20-17(19)15-11-7-4-8-12-15;/h3-13,16,18H,1-2H3;1H/t13-,16+;/m0./s1. The zero-order chi connectivity index (χ0) is 14.4. The molecule has 0 fully saturated rings. The van der Waals surface area contributed by atoms with Crippen LogP contribution in [0.5, 0.6) is 0 Å². The van der Waals surface area contributed by atoms with Crippen LogP contribution in [0.4, 0.5) is 0 Å². The van der Waals surface area contributed by atoms with E-state index in [1.807, 2.05) is 62.5 Å². The predicted molar refractivity (Wildman–Crippen MR) is 86.8 cm³/mol. The van der Waals surface area contributed by atoms with E-state index in [4.69, 9.17) is 4.74 Å². The average molecular weight is 306 g/mol. The van der Waals surface area contributed by atoms with Crippen molar-refractivity contribution in [2.24, 2.45) is 0 Å². The SMILES string of the molecule is CN[C@@H](C)[C@@H](OC(=O)c1ccccc1)c1ccccc1.Cl. The van der Waals surface area contributed by atoms with Crippen molar-refractivity contribution in [3.63, 3.8) is 0 Å². The molecule has 2 aromatic carbocycles. The zero-order valence-corrected chi connectivity index (χ0v) is 13.0. The topological polar surface area (TPSA) is 38.3 Å². The van der Waals surface area contributed by atoms with Crippen molar-refractivity contribution in [1.82, 2.24) is 5.32 Å². The number of nitrogens with one attached hydrogen (secondary N) is 1. The second-order valence-electron chi connectivity index (χ2n) is 4.68. The molecule has 0 spiro atoms. The number of carbonyl (C=O) groups is 1. The van der Waals surface area contributed by atoms with E-state index < -0.39 is 0 Å². The highest BCUT2D eigenvalue weighted by Crippen LogP contribution is 2.22. The molecule has 1 N–H and O–H groups in total. The van der Waals surface area contributed by atoms with Gasteiger partial charge in [0.05, 0.1) is 5.56 Å². The molecule has 0 aromatic heterocycles. The number of hydrogen-bond acceptors (Lipinski definition) is 3. The van der Waals surface area contributed by atoms with Crippen LogP contribution < -0.4 is 5.32 Å². The Labute approximate surface area is 131 Å². The molecule has 0 bridgehead atoms. The summed E-state index contributed by atoms with van der Waals surface area (Å²) >= 11 is 0. The van der Waals surface area contributed by atoms with Crippen LogP contribution >= 0.6 is 12.4 Å². The van der Waals surface area contributed by atoms with Gasteiger partial charge in [-0.15, -0.1) is 12.4 Å². The molecule has 0 saturated carbocycles. The maximum atomic E-state index is 12.2. The van der Waals surface area contributed by atoms with Crippen LogP contribution in [0.2, 0.25) is 0 Å². The van der Waals surface area contributed by atoms with Crippen LogP contribution in [-0.4, -0.2) is 19.1 Å². The molecular weight excluding hydrogens is 286 g/mol. The maximum Gasteiger partial charge on any atom is 0.338 e. The summed E-state index contributed by atoms with van der Waals surface area (Å²) in [5, 5.41) is 3.14. The number of carbonyl (C=O) groups excluding carboxylic acids is 1. The van der Waals surface area contributed by atoms with Crippen molar-refractivity contribution in [3.8, 4) is 0 Å². The van der Waals surface area contributed by atoms with Crippen molar-refractivity contribution < 1.29 is 9.53 Å². The monoisotopic (exact) mass is 305 g/mol. The van der Waals surface area contributed by atoms with Crippen molar-refractivity contribution in [2.75, 3.05) is 7.05 Å². The Bertz CT molecular complexity index is 545. The lowest BCUT2D eigenvalue weighted by atomic mass is 10.0. The van der Waals surface area contributed by atoms with Gasteiger partial charge in [-0.25, -0.2) is 4.79 Å². The van der Waals surface area contributed by atoms with Gasteiger partial charge in [0.1, 0.15) is 6.10 Å². The minimum Gasteiger partial charge on any atom is -0.452 e. The Morgan fingerprint density at radius 1 is 1.00 bits per heavy atom. The van der Waals surface area contributed by atoms with E-state index in [0.717, 1.165) is 5.56 Å². The van der Waals surface area contributed by atoms with Gasteiger partial charge in [-0.05, 0) is 31.7 Å². The number of hydrogen-bond donors (Lipinski definition) is 1. The van der Waals surface area contributed by atoms with Crippen LogP contribution in [0.15, 0.2) is 60.7 Å². The van der Waals surface area contributed by atoms with Gasteiger partial charge in [-0.1, -0.05) is 48.5 Å². The number of likely N-dealkylation sites (N-methyl/N-ethyl adjacent to an activating group) is 1. The molecule has 2 rings (SSSR count). The van der Waals surface area contributed by atoms with Crippen molar-refractivity contribution in [3.05, 3.63) is 71.8 Å². The number of halogens is 1. The van der Waals surface area contributed by atoms with Crippen LogP contribution in [0.3, 0.4) is 0 Å². The van der Waals surface area contributed by atoms with Gasteiger partial charge in [0.2, 0.25) is 0 Å². The van der Waals surface area contributed by atoms with Crippen molar-refractivity contribution >= 4 is 18.4 Å². The number of esters is 1. The van der Waals surface area contributed by atoms with Crippen molar-refractivity contribution in [2.45, 2.75) is 19.1 Å². The summed E-state index contributed by atoms with van der Waals surface area (Å²) in [6.07, 6.45) is -0.311. The second-order valence-corrected chi connectivity index (χ2v) is 4.68. The Morgan fingerprint density at radius 2 is 1.52 bits per heavy atom. The van der Waals surface area contributed by atoms with Gasteiger partial charge in [0.25, 0.3) is 0 Å². The number of benzene rings is 2. The highest BCUT2D eigenvalue weighted by molar-refractivity contribution is 5.89. The third-order valence-corrected chi connectivity index (χ3v) is 3.28. The molecule has 112 valence electrons. The summed E-state index contributed by atoms with van der Waals surface area (Å²) in [4.78, 5) is 12.2. The summed E-state index contributed by atoms with van der Waals surface area (Å²) in [7, 11) is 1.86. The lowest BCUT2D eigenvalue weighted by Gasteiger charge is -2.24. The molecule has 21 heavy (non-hydrogen) atoms. The normalized spacial score (nSPS) is 12.9. The number of rotatable bonds is 5. The minimum absolute atomic E-state index is 0. The van der Waals surface area contributed by atoms with E-state index in [2.05, 4.69) is 5.32 Å². The Kier molecular flexibility index (Phi) is 6.92. The summed E-state index contributed by atoms with van der Waals surface area (Å²) in [6.45, 7) is 2.00. The number of ether oxygens (including phenoxy) is 1. The third kappa shape index (κ3) is 4.59. The largest absolute Gasteiger partial charge is 0.452 e. The molecule has 0 aliphatic rings. The molecule has 4 heteroatoms. The first kappa shape index (κ1) is 17.2. The van der Waals surface area contributed by atoms with E-state index in [1.165, 1.54) is 0 Å². The lowest BCUT2D eigenvalue weighted by molar-refractivity contribution is 0.0219. The van der Waals surface area contributed by atoms with E-state index in [1.54, 1.807) is 12.1 Å². The Hall–Kier alpha value is -1.84. The molecule has 0 heterocycles. The molecular formula is C17H20ClNO2. The summed E-state index contributed by atoms with van der Waals surface area (Å²) in [6, 6.07) is 18.9. The third-order valence-electron chi connectivity index (χ3n) is 3.28. The minimum atomic E-state index is -0.311. The molecule has 0 aliphatic carbocycles. The summed E-state index contributed by atoms with van der Waals surface area (Å²) in [5.41, 5.74) is 1.55. The van der Waals surface area contributed by atoms with E-state index in [-0.39, 0.29) is 30.5 Å². The van der Waals surface area contributed by atoms with Crippen LogP contribution in [-0.2, 0) is 4.74 Å². The van der Waals surface area contributed by atoms with Gasteiger partial charge >= 0.3 is 5.97 Å².